The quantitative estimate of drug-likeness (QED) is 0.739. The monoisotopic (exact) mass is 274 g/mol. The van der Waals surface area contributed by atoms with Crippen LogP contribution in [0.5, 0.6) is 0 Å². The van der Waals surface area contributed by atoms with E-state index in [-0.39, 0.29) is 5.91 Å². The smallest absolute Gasteiger partial charge is 0.223 e. The van der Waals surface area contributed by atoms with Gasteiger partial charge in [-0.1, -0.05) is 24.3 Å². The van der Waals surface area contributed by atoms with Crippen LogP contribution in [0.25, 0.3) is 0 Å². The number of benzene rings is 1. The topological polar surface area (TPSA) is 32.3 Å². The summed E-state index contributed by atoms with van der Waals surface area (Å²) in [4.78, 5) is 13.8. The van der Waals surface area contributed by atoms with Crippen molar-refractivity contribution in [3.05, 3.63) is 35.4 Å². The van der Waals surface area contributed by atoms with E-state index in [1.165, 1.54) is 24.0 Å². The molecule has 0 aromatic heterocycles. The van der Waals surface area contributed by atoms with E-state index < -0.39 is 0 Å². The Hall–Kier alpha value is -1.35. The summed E-state index contributed by atoms with van der Waals surface area (Å²) in [5.74, 6) is 1.03. The van der Waals surface area contributed by atoms with Gasteiger partial charge in [0.2, 0.25) is 5.91 Å². The lowest BCUT2D eigenvalue weighted by atomic mass is 10.0. The van der Waals surface area contributed by atoms with Crippen molar-refractivity contribution in [2.24, 2.45) is 0 Å². The second-order valence-corrected chi connectivity index (χ2v) is 5.47. The zero-order chi connectivity index (χ0) is 14.4. The summed E-state index contributed by atoms with van der Waals surface area (Å²) < 4.78 is 0. The molecule has 0 radical (unpaired) electrons. The molecule has 1 saturated carbocycles. The van der Waals surface area contributed by atoms with Crippen LogP contribution >= 0.6 is 0 Å². The van der Waals surface area contributed by atoms with E-state index in [2.05, 4.69) is 29.6 Å². The van der Waals surface area contributed by atoms with Gasteiger partial charge in [0.1, 0.15) is 0 Å². The van der Waals surface area contributed by atoms with Gasteiger partial charge < -0.3 is 10.2 Å². The molecule has 0 atom stereocenters. The molecule has 2 rings (SSSR count). The number of carbonyl (C=O) groups is 1. The van der Waals surface area contributed by atoms with Crippen LogP contribution in [0.4, 0.5) is 0 Å². The SMILES string of the molecule is CCN(CC)C(=O)CCNCc1ccccc1C1CC1. The molecule has 0 unspecified atom stereocenters. The Labute approximate surface area is 122 Å². The van der Waals surface area contributed by atoms with E-state index in [1.807, 2.05) is 18.7 Å². The fourth-order valence-corrected chi connectivity index (χ4v) is 2.64. The van der Waals surface area contributed by atoms with E-state index in [1.54, 1.807) is 0 Å². The predicted molar refractivity (Wildman–Crippen MR) is 82.7 cm³/mol. The van der Waals surface area contributed by atoms with Gasteiger partial charge >= 0.3 is 0 Å². The zero-order valence-corrected chi connectivity index (χ0v) is 12.7. The van der Waals surface area contributed by atoms with Gasteiger partial charge in [-0.05, 0) is 43.7 Å². The second kappa shape index (κ2) is 7.44. The molecular weight excluding hydrogens is 248 g/mol. The number of carbonyl (C=O) groups excluding carboxylic acids is 1. The molecule has 1 fully saturated rings. The number of rotatable bonds is 8. The minimum absolute atomic E-state index is 0.248. The molecule has 1 aromatic carbocycles. The number of nitrogens with one attached hydrogen (secondary N) is 1. The van der Waals surface area contributed by atoms with Gasteiger partial charge in [-0.15, -0.1) is 0 Å². The normalized spacial score (nSPS) is 14.3. The molecule has 0 saturated heterocycles. The summed E-state index contributed by atoms with van der Waals surface area (Å²) in [5, 5.41) is 3.41. The lowest BCUT2D eigenvalue weighted by Crippen LogP contribution is -2.32. The Morgan fingerprint density at radius 2 is 1.95 bits per heavy atom. The van der Waals surface area contributed by atoms with E-state index in [9.17, 15) is 4.79 Å². The third-order valence-corrected chi connectivity index (χ3v) is 4.02. The van der Waals surface area contributed by atoms with Crippen LogP contribution in [-0.2, 0) is 11.3 Å². The molecule has 1 N–H and O–H groups in total. The van der Waals surface area contributed by atoms with Crippen molar-refractivity contribution in [1.82, 2.24) is 10.2 Å². The van der Waals surface area contributed by atoms with Gasteiger partial charge in [-0.3, -0.25) is 4.79 Å². The van der Waals surface area contributed by atoms with Gasteiger partial charge in [-0.2, -0.15) is 0 Å². The number of hydrogen-bond donors (Lipinski definition) is 1. The van der Waals surface area contributed by atoms with Crippen LogP contribution in [-0.4, -0.2) is 30.4 Å². The van der Waals surface area contributed by atoms with Crippen molar-refractivity contribution in [3.63, 3.8) is 0 Å². The highest BCUT2D eigenvalue weighted by atomic mass is 16.2. The van der Waals surface area contributed by atoms with Gasteiger partial charge in [0.15, 0.2) is 0 Å². The van der Waals surface area contributed by atoms with E-state index in [4.69, 9.17) is 0 Å². The molecule has 110 valence electrons. The lowest BCUT2D eigenvalue weighted by Gasteiger charge is -2.18. The van der Waals surface area contributed by atoms with Crippen LogP contribution in [0.1, 0.15) is 50.2 Å². The molecule has 1 aliphatic carbocycles. The molecule has 0 spiro atoms. The molecule has 3 nitrogen and oxygen atoms in total. The average Bonchev–Trinajstić information content (AvgIpc) is 3.30. The highest BCUT2D eigenvalue weighted by Gasteiger charge is 2.25. The maximum absolute atomic E-state index is 11.9. The van der Waals surface area contributed by atoms with E-state index >= 15 is 0 Å². The minimum atomic E-state index is 0.248. The van der Waals surface area contributed by atoms with E-state index in [0.29, 0.717) is 6.42 Å². The van der Waals surface area contributed by atoms with E-state index in [0.717, 1.165) is 32.1 Å². The third kappa shape index (κ3) is 4.07. The molecule has 20 heavy (non-hydrogen) atoms. The summed E-state index contributed by atoms with van der Waals surface area (Å²) in [6.07, 6.45) is 3.25. The largest absolute Gasteiger partial charge is 0.343 e. The molecule has 1 aromatic rings. The summed E-state index contributed by atoms with van der Waals surface area (Å²) in [7, 11) is 0. The second-order valence-electron chi connectivity index (χ2n) is 5.47. The maximum atomic E-state index is 11.9. The maximum Gasteiger partial charge on any atom is 0.223 e. The number of nitrogens with zero attached hydrogens (tertiary/aromatic N) is 1. The van der Waals surface area contributed by atoms with Crippen molar-refractivity contribution in [3.8, 4) is 0 Å². The molecule has 0 bridgehead atoms. The predicted octanol–water partition coefficient (Wildman–Crippen LogP) is 2.91. The van der Waals surface area contributed by atoms with Crippen molar-refractivity contribution in [1.29, 1.82) is 0 Å². The number of hydrogen-bond acceptors (Lipinski definition) is 2. The fourth-order valence-electron chi connectivity index (χ4n) is 2.64. The molecule has 0 heterocycles. The first-order valence-corrected chi connectivity index (χ1v) is 7.82. The van der Waals surface area contributed by atoms with Crippen LogP contribution < -0.4 is 5.32 Å². The highest BCUT2D eigenvalue weighted by Crippen LogP contribution is 2.41. The van der Waals surface area contributed by atoms with Crippen molar-refractivity contribution < 1.29 is 4.79 Å². The third-order valence-electron chi connectivity index (χ3n) is 4.02. The Morgan fingerprint density at radius 3 is 2.60 bits per heavy atom. The Morgan fingerprint density at radius 1 is 1.25 bits per heavy atom. The van der Waals surface area contributed by atoms with Crippen molar-refractivity contribution >= 4 is 5.91 Å². The van der Waals surface area contributed by atoms with Crippen LogP contribution in [0.3, 0.4) is 0 Å². The minimum Gasteiger partial charge on any atom is -0.343 e. The number of amides is 1. The Balaban J connectivity index is 1.75. The zero-order valence-electron chi connectivity index (χ0n) is 12.7. The first-order chi connectivity index (χ1) is 9.76. The summed E-state index contributed by atoms with van der Waals surface area (Å²) in [6.45, 7) is 7.30. The lowest BCUT2D eigenvalue weighted by molar-refractivity contribution is -0.130. The molecular formula is C17H26N2O. The standard InChI is InChI=1S/C17H26N2O/c1-3-19(4-2)17(20)11-12-18-13-15-7-5-6-8-16(15)14-9-10-14/h5-8,14,18H,3-4,9-13H2,1-2H3. The van der Waals surface area contributed by atoms with Gasteiger partial charge in [0.25, 0.3) is 0 Å². The highest BCUT2D eigenvalue weighted by molar-refractivity contribution is 5.76. The molecule has 3 heteroatoms. The average molecular weight is 274 g/mol. The molecule has 0 aliphatic heterocycles. The first kappa shape index (κ1) is 15.0. The molecule has 1 aliphatic rings. The van der Waals surface area contributed by atoms with Gasteiger partial charge in [0, 0.05) is 32.6 Å². The first-order valence-electron chi connectivity index (χ1n) is 7.82. The summed E-state index contributed by atoms with van der Waals surface area (Å²) in [5.41, 5.74) is 2.89. The fraction of sp³-hybridized carbons (Fsp3) is 0.588. The Kier molecular flexibility index (Phi) is 5.60. The van der Waals surface area contributed by atoms with Crippen molar-refractivity contribution in [2.75, 3.05) is 19.6 Å². The molecule has 1 amide bonds. The van der Waals surface area contributed by atoms with Crippen LogP contribution in [0, 0.1) is 0 Å². The summed E-state index contributed by atoms with van der Waals surface area (Å²) >= 11 is 0. The van der Waals surface area contributed by atoms with Crippen molar-refractivity contribution in [2.45, 2.75) is 45.6 Å². The Bertz CT molecular complexity index is 436. The van der Waals surface area contributed by atoms with Gasteiger partial charge in [0.05, 0.1) is 0 Å². The summed E-state index contributed by atoms with van der Waals surface area (Å²) in [6, 6.07) is 8.67. The van der Waals surface area contributed by atoms with Crippen LogP contribution in [0.2, 0.25) is 0 Å². The van der Waals surface area contributed by atoms with Crippen LogP contribution in [0.15, 0.2) is 24.3 Å². The van der Waals surface area contributed by atoms with Gasteiger partial charge in [-0.25, -0.2) is 0 Å².